The molecule has 1 saturated carbocycles. The van der Waals surface area contributed by atoms with Crippen LogP contribution in [0.15, 0.2) is 36.4 Å². The third-order valence-corrected chi connectivity index (χ3v) is 9.03. The Morgan fingerprint density at radius 1 is 1.03 bits per heavy atom. The van der Waals surface area contributed by atoms with Gasteiger partial charge in [0.1, 0.15) is 12.6 Å². The number of carbonyl (C=O) groups is 2. The van der Waals surface area contributed by atoms with Crippen LogP contribution < -0.4 is 9.62 Å². The van der Waals surface area contributed by atoms with Crippen LogP contribution in [-0.2, 0) is 26.2 Å². The average molecular weight is 583 g/mol. The predicted molar refractivity (Wildman–Crippen MR) is 154 cm³/mol. The second-order valence-electron chi connectivity index (χ2n) is 10.0. The molecular weight excluding hydrogens is 545 g/mol. The van der Waals surface area contributed by atoms with Crippen molar-refractivity contribution in [3.63, 3.8) is 0 Å². The van der Waals surface area contributed by atoms with E-state index in [1.165, 1.54) is 4.90 Å². The summed E-state index contributed by atoms with van der Waals surface area (Å²) in [4.78, 5) is 28.8. The molecule has 0 saturated heterocycles. The highest BCUT2D eigenvalue weighted by Gasteiger charge is 2.33. The molecule has 0 heterocycles. The lowest BCUT2D eigenvalue weighted by Gasteiger charge is -2.34. The van der Waals surface area contributed by atoms with E-state index in [0.717, 1.165) is 53.8 Å². The summed E-state index contributed by atoms with van der Waals surface area (Å²) >= 11 is 12.9. The lowest BCUT2D eigenvalue weighted by atomic mass is 9.95. The van der Waals surface area contributed by atoms with Gasteiger partial charge in [0.25, 0.3) is 0 Å². The highest BCUT2D eigenvalue weighted by Crippen LogP contribution is 2.28. The molecule has 1 fully saturated rings. The molecule has 38 heavy (non-hydrogen) atoms. The number of halogens is 2. The number of nitrogens with zero attached hydrogens (tertiary/aromatic N) is 2. The van der Waals surface area contributed by atoms with E-state index in [1.54, 1.807) is 30.3 Å². The summed E-state index contributed by atoms with van der Waals surface area (Å²) in [6.45, 7) is 5.16. The lowest BCUT2D eigenvalue weighted by Crippen LogP contribution is -2.54. The summed E-state index contributed by atoms with van der Waals surface area (Å²) in [7, 11) is -3.81. The summed E-state index contributed by atoms with van der Waals surface area (Å²) in [5.74, 6) is -0.775. The van der Waals surface area contributed by atoms with Crippen LogP contribution in [-0.4, -0.2) is 50.0 Å². The summed E-state index contributed by atoms with van der Waals surface area (Å²) in [6.07, 6.45) is 6.48. The van der Waals surface area contributed by atoms with Crippen LogP contribution >= 0.6 is 23.2 Å². The van der Waals surface area contributed by atoms with Gasteiger partial charge in [-0.25, -0.2) is 8.42 Å². The highest BCUT2D eigenvalue weighted by atomic mass is 35.5. The number of rotatable bonds is 10. The fourth-order valence-corrected chi connectivity index (χ4v) is 6.17. The van der Waals surface area contributed by atoms with Gasteiger partial charge in [-0.3, -0.25) is 13.9 Å². The first-order valence-electron chi connectivity index (χ1n) is 13.0. The number of carbonyl (C=O) groups excluding carboxylic acids is 2. The molecule has 3 rings (SSSR count). The Kier molecular flexibility index (Phi) is 10.5. The number of anilines is 1. The van der Waals surface area contributed by atoms with Gasteiger partial charge in [-0.2, -0.15) is 0 Å². The van der Waals surface area contributed by atoms with Crippen LogP contribution in [0.1, 0.15) is 62.1 Å². The van der Waals surface area contributed by atoms with Crippen LogP contribution in [0.3, 0.4) is 0 Å². The molecule has 2 amide bonds. The van der Waals surface area contributed by atoms with Crippen molar-refractivity contribution in [2.45, 2.75) is 77.9 Å². The fourth-order valence-electron chi connectivity index (χ4n) is 4.81. The maximum absolute atomic E-state index is 13.9. The molecule has 1 atom stereocenters. The number of hydrogen-bond donors (Lipinski definition) is 1. The van der Waals surface area contributed by atoms with Gasteiger partial charge >= 0.3 is 0 Å². The minimum absolute atomic E-state index is 0.0293. The Morgan fingerprint density at radius 3 is 2.21 bits per heavy atom. The standard InChI is InChI=1S/C28H37Cl2N3O4S/c1-5-26(28(35)31-21-10-7-6-8-11-21)32(17-23-24(29)12-9-13-25(23)30)27(34)18-33(38(4,36)37)22-15-14-19(2)20(3)16-22/h9,12-16,21,26H,5-8,10-11,17-18H2,1-4H3,(H,31,35)/t26-/m1/s1. The van der Waals surface area contributed by atoms with Gasteiger partial charge in [0.15, 0.2) is 0 Å². The zero-order valence-corrected chi connectivity index (χ0v) is 24.8. The minimum atomic E-state index is -3.81. The van der Waals surface area contributed by atoms with Crippen LogP contribution in [0.4, 0.5) is 5.69 Å². The van der Waals surface area contributed by atoms with Gasteiger partial charge in [0.2, 0.25) is 21.8 Å². The Balaban J connectivity index is 1.97. The lowest BCUT2D eigenvalue weighted by molar-refractivity contribution is -0.140. The Bertz CT molecular complexity index is 1240. The largest absolute Gasteiger partial charge is 0.352 e. The highest BCUT2D eigenvalue weighted by molar-refractivity contribution is 7.92. The number of nitrogens with one attached hydrogen (secondary N) is 1. The quantitative estimate of drug-likeness (QED) is 0.393. The van der Waals surface area contributed by atoms with Gasteiger partial charge in [0, 0.05) is 28.2 Å². The van der Waals surface area contributed by atoms with Crippen LogP contribution in [0.25, 0.3) is 0 Å². The smallest absolute Gasteiger partial charge is 0.244 e. The van der Waals surface area contributed by atoms with E-state index in [0.29, 0.717) is 27.7 Å². The zero-order chi connectivity index (χ0) is 28.0. The second kappa shape index (κ2) is 13.2. The number of aryl methyl sites for hydroxylation is 2. The fraction of sp³-hybridized carbons (Fsp3) is 0.500. The van der Waals surface area contributed by atoms with Gasteiger partial charge in [-0.15, -0.1) is 0 Å². The third-order valence-electron chi connectivity index (χ3n) is 7.19. The molecule has 0 bridgehead atoms. The number of benzene rings is 2. The zero-order valence-electron chi connectivity index (χ0n) is 22.5. The Labute approximate surface area is 236 Å². The van der Waals surface area contributed by atoms with Gasteiger partial charge in [0.05, 0.1) is 11.9 Å². The van der Waals surface area contributed by atoms with E-state index < -0.39 is 28.5 Å². The van der Waals surface area contributed by atoms with Crippen LogP contribution in [0.5, 0.6) is 0 Å². The topological polar surface area (TPSA) is 86.8 Å². The van der Waals surface area contributed by atoms with Crippen molar-refractivity contribution in [1.82, 2.24) is 10.2 Å². The number of amides is 2. The molecule has 1 aliphatic carbocycles. The molecule has 10 heteroatoms. The van der Waals surface area contributed by atoms with Crippen LogP contribution in [0.2, 0.25) is 10.0 Å². The number of sulfonamides is 1. The van der Waals surface area contributed by atoms with Gasteiger partial charge in [-0.1, -0.05) is 61.5 Å². The summed E-state index contributed by atoms with van der Waals surface area (Å²) in [5, 5.41) is 3.85. The van der Waals surface area contributed by atoms with E-state index in [4.69, 9.17) is 23.2 Å². The van der Waals surface area contributed by atoms with Crippen molar-refractivity contribution >= 4 is 50.7 Å². The number of hydrogen-bond acceptors (Lipinski definition) is 4. The van der Waals surface area contributed by atoms with Crippen molar-refractivity contribution in [3.05, 3.63) is 63.1 Å². The van der Waals surface area contributed by atoms with E-state index in [1.807, 2.05) is 26.8 Å². The molecule has 0 spiro atoms. The van der Waals surface area contributed by atoms with Crippen molar-refractivity contribution in [3.8, 4) is 0 Å². The van der Waals surface area contributed by atoms with Crippen LogP contribution in [0, 0.1) is 13.8 Å². The maximum atomic E-state index is 13.9. The van der Waals surface area contributed by atoms with Crippen molar-refractivity contribution in [1.29, 1.82) is 0 Å². The van der Waals surface area contributed by atoms with E-state index >= 15 is 0 Å². The molecule has 208 valence electrons. The Hall–Kier alpha value is -2.29. The average Bonchev–Trinajstić information content (AvgIpc) is 2.85. The van der Waals surface area contributed by atoms with E-state index in [2.05, 4.69) is 5.32 Å². The van der Waals surface area contributed by atoms with E-state index in [9.17, 15) is 18.0 Å². The predicted octanol–water partition coefficient (Wildman–Crippen LogP) is 5.63. The molecule has 0 unspecified atom stereocenters. The molecule has 1 N–H and O–H groups in total. The first-order chi connectivity index (χ1) is 17.9. The van der Waals surface area contributed by atoms with E-state index in [-0.39, 0.29) is 18.5 Å². The third kappa shape index (κ3) is 7.64. The molecule has 0 aliphatic heterocycles. The van der Waals surface area contributed by atoms with Gasteiger partial charge in [-0.05, 0) is 68.5 Å². The molecular formula is C28H37Cl2N3O4S. The van der Waals surface area contributed by atoms with Crippen molar-refractivity contribution in [2.24, 2.45) is 0 Å². The Morgan fingerprint density at radius 2 is 1.66 bits per heavy atom. The monoisotopic (exact) mass is 581 g/mol. The van der Waals surface area contributed by atoms with Crippen molar-refractivity contribution in [2.75, 3.05) is 17.1 Å². The first kappa shape index (κ1) is 30.3. The SMILES string of the molecule is CC[C@H](C(=O)NC1CCCCC1)N(Cc1c(Cl)cccc1Cl)C(=O)CN(c1ccc(C)c(C)c1)S(C)(=O)=O. The van der Waals surface area contributed by atoms with Gasteiger partial charge < -0.3 is 10.2 Å². The summed E-state index contributed by atoms with van der Waals surface area (Å²) < 4.78 is 26.7. The molecule has 2 aromatic carbocycles. The molecule has 0 radical (unpaired) electrons. The molecule has 1 aliphatic rings. The summed E-state index contributed by atoms with van der Waals surface area (Å²) in [5.41, 5.74) is 2.81. The maximum Gasteiger partial charge on any atom is 0.244 e. The molecule has 2 aromatic rings. The second-order valence-corrected chi connectivity index (χ2v) is 12.7. The molecule has 0 aromatic heterocycles. The summed E-state index contributed by atoms with van der Waals surface area (Å²) in [6, 6.07) is 9.54. The first-order valence-corrected chi connectivity index (χ1v) is 15.6. The van der Waals surface area contributed by atoms with Crippen molar-refractivity contribution < 1.29 is 18.0 Å². The normalized spacial score (nSPS) is 15.1. The molecule has 7 nitrogen and oxygen atoms in total. The minimum Gasteiger partial charge on any atom is -0.352 e.